The van der Waals surface area contributed by atoms with Crippen LogP contribution in [-0.2, 0) is 25.5 Å². The number of hydrogen-bond acceptors (Lipinski definition) is 4. The first-order valence-electron chi connectivity index (χ1n) is 8.97. The lowest BCUT2D eigenvalue weighted by atomic mass is 9.82. The number of piperidine rings is 1. The Bertz CT molecular complexity index is 772. The summed E-state index contributed by atoms with van der Waals surface area (Å²) in [5.74, 6) is -0.770. The van der Waals surface area contributed by atoms with Gasteiger partial charge in [-0.15, -0.1) is 0 Å². The van der Waals surface area contributed by atoms with Crippen LogP contribution in [0.25, 0.3) is 0 Å². The van der Waals surface area contributed by atoms with Crippen LogP contribution in [0.2, 0.25) is 0 Å². The van der Waals surface area contributed by atoms with Crippen molar-refractivity contribution in [2.45, 2.75) is 45.6 Å². The third-order valence-electron chi connectivity index (χ3n) is 5.29. The normalized spacial score (nSPS) is 18.9. The van der Waals surface area contributed by atoms with E-state index in [0.717, 1.165) is 6.42 Å². The van der Waals surface area contributed by atoms with E-state index in [0.29, 0.717) is 42.8 Å². The van der Waals surface area contributed by atoms with Crippen LogP contribution in [0.3, 0.4) is 0 Å². The molecule has 0 radical (unpaired) electrons. The number of carbonyl (C=O) groups is 3. The van der Waals surface area contributed by atoms with Gasteiger partial charge >= 0.3 is 5.97 Å². The highest BCUT2D eigenvalue weighted by Crippen LogP contribution is 2.41. The van der Waals surface area contributed by atoms with E-state index < -0.39 is 11.6 Å². The van der Waals surface area contributed by atoms with E-state index in [4.69, 9.17) is 4.74 Å². The summed E-state index contributed by atoms with van der Waals surface area (Å²) >= 11 is 0. The number of likely N-dealkylation sites (tertiary alicyclic amines) is 1. The quantitative estimate of drug-likeness (QED) is 0.844. The van der Waals surface area contributed by atoms with Crippen molar-refractivity contribution < 1.29 is 19.1 Å². The first kappa shape index (κ1) is 18.2. The largest absolute Gasteiger partial charge is 0.450 e. The topological polar surface area (TPSA) is 75.7 Å². The summed E-state index contributed by atoms with van der Waals surface area (Å²) in [6.07, 6.45) is 1.80. The molecule has 2 heterocycles. The number of anilines is 1. The van der Waals surface area contributed by atoms with E-state index in [1.165, 1.54) is 12.5 Å². The van der Waals surface area contributed by atoms with Crippen molar-refractivity contribution in [3.05, 3.63) is 41.0 Å². The Morgan fingerprint density at radius 3 is 2.35 bits per heavy atom. The lowest BCUT2D eigenvalue weighted by molar-refractivity contribution is -0.152. The molecule has 0 aliphatic carbocycles. The highest BCUT2D eigenvalue weighted by Gasteiger charge is 2.51. The molecule has 1 fully saturated rings. The third-order valence-corrected chi connectivity index (χ3v) is 5.29. The number of ether oxygens (including phenoxy) is 1. The van der Waals surface area contributed by atoms with Gasteiger partial charge in [0.1, 0.15) is 5.60 Å². The molecule has 2 aliphatic heterocycles. The second kappa shape index (κ2) is 6.94. The lowest BCUT2D eigenvalue weighted by Gasteiger charge is -2.39. The molecule has 26 heavy (non-hydrogen) atoms. The Labute approximate surface area is 153 Å². The molecule has 0 saturated carbocycles. The summed E-state index contributed by atoms with van der Waals surface area (Å²) in [5, 5.41) is 2.88. The van der Waals surface area contributed by atoms with Crippen molar-refractivity contribution in [2.75, 3.05) is 18.4 Å². The second-order valence-corrected chi connectivity index (χ2v) is 6.89. The third kappa shape index (κ3) is 3.23. The summed E-state index contributed by atoms with van der Waals surface area (Å²) in [5.41, 5.74) is 1.68. The molecule has 1 N–H and O–H groups in total. The standard InChI is InChI=1S/C20H24N2O4/c1-4-15-5-7-16(8-6-15)21-18(24)17-13(2)19(25)26-20(17)9-11-22(12-10-20)14(3)23/h5-8H,4,9-12H2,1-3H3,(H,21,24). The zero-order valence-corrected chi connectivity index (χ0v) is 15.4. The zero-order valence-electron chi connectivity index (χ0n) is 15.4. The number of benzene rings is 1. The van der Waals surface area contributed by atoms with Crippen LogP contribution in [0, 0.1) is 0 Å². The summed E-state index contributed by atoms with van der Waals surface area (Å²) in [6.45, 7) is 6.16. The maximum absolute atomic E-state index is 12.9. The van der Waals surface area contributed by atoms with Crippen LogP contribution in [0.4, 0.5) is 5.69 Å². The predicted octanol–water partition coefficient (Wildman–Crippen LogP) is 2.44. The molecule has 3 rings (SSSR count). The van der Waals surface area contributed by atoms with E-state index in [9.17, 15) is 14.4 Å². The Hall–Kier alpha value is -2.63. The molecule has 1 spiro atoms. The van der Waals surface area contributed by atoms with Gasteiger partial charge < -0.3 is 15.0 Å². The van der Waals surface area contributed by atoms with Gasteiger partial charge in [0.2, 0.25) is 5.91 Å². The maximum Gasteiger partial charge on any atom is 0.335 e. The number of esters is 1. The molecule has 0 aromatic heterocycles. The van der Waals surface area contributed by atoms with Crippen molar-refractivity contribution in [2.24, 2.45) is 0 Å². The van der Waals surface area contributed by atoms with E-state index in [1.54, 1.807) is 11.8 Å². The molecule has 0 bridgehead atoms. The van der Waals surface area contributed by atoms with E-state index in [2.05, 4.69) is 12.2 Å². The van der Waals surface area contributed by atoms with E-state index >= 15 is 0 Å². The van der Waals surface area contributed by atoms with Crippen LogP contribution in [0.1, 0.15) is 39.2 Å². The number of amides is 2. The Morgan fingerprint density at radius 1 is 1.19 bits per heavy atom. The number of hydrogen-bond donors (Lipinski definition) is 1. The second-order valence-electron chi connectivity index (χ2n) is 6.89. The fourth-order valence-corrected chi connectivity index (χ4v) is 3.68. The fourth-order valence-electron chi connectivity index (χ4n) is 3.68. The smallest absolute Gasteiger partial charge is 0.335 e. The van der Waals surface area contributed by atoms with Crippen LogP contribution < -0.4 is 5.32 Å². The monoisotopic (exact) mass is 356 g/mol. The number of nitrogens with one attached hydrogen (secondary N) is 1. The summed E-state index contributed by atoms with van der Waals surface area (Å²) in [4.78, 5) is 38.4. The summed E-state index contributed by atoms with van der Waals surface area (Å²) in [7, 11) is 0. The van der Waals surface area contributed by atoms with Gasteiger partial charge in [-0.25, -0.2) is 4.79 Å². The fraction of sp³-hybridized carbons (Fsp3) is 0.450. The molecule has 6 nitrogen and oxygen atoms in total. The summed E-state index contributed by atoms with van der Waals surface area (Å²) in [6, 6.07) is 7.65. The minimum atomic E-state index is -0.930. The zero-order chi connectivity index (χ0) is 18.9. The van der Waals surface area contributed by atoms with Gasteiger partial charge in [-0.3, -0.25) is 9.59 Å². The molecule has 0 unspecified atom stereocenters. The Balaban J connectivity index is 1.81. The van der Waals surface area contributed by atoms with Crippen LogP contribution in [-0.4, -0.2) is 41.4 Å². The van der Waals surface area contributed by atoms with Gasteiger partial charge in [0.05, 0.1) is 5.57 Å². The van der Waals surface area contributed by atoms with Gasteiger partial charge in [0.15, 0.2) is 0 Å². The van der Waals surface area contributed by atoms with Gasteiger partial charge in [0, 0.05) is 44.1 Å². The van der Waals surface area contributed by atoms with Crippen LogP contribution in [0.15, 0.2) is 35.4 Å². The highest BCUT2D eigenvalue weighted by molar-refractivity contribution is 6.12. The molecule has 0 atom stereocenters. The van der Waals surface area contributed by atoms with Crippen molar-refractivity contribution in [1.82, 2.24) is 4.90 Å². The molecule has 2 amide bonds. The maximum atomic E-state index is 12.9. The molecule has 6 heteroatoms. The SMILES string of the molecule is CCc1ccc(NC(=O)C2=C(C)C(=O)OC23CCN(C(C)=O)CC3)cc1. The lowest BCUT2D eigenvalue weighted by Crippen LogP contribution is -2.49. The van der Waals surface area contributed by atoms with Gasteiger partial charge in [-0.1, -0.05) is 19.1 Å². The average molecular weight is 356 g/mol. The minimum Gasteiger partial charge on any atom is -0.450 e. The van der Waals surface area contributed by atoms with Crippen molar-refractivity contribution in [1.29, 1.82) is 0 Å². The van der Waals surface area contributed by atoms with Gasteiger partial charge in [0.25, 0.3) is 5.91 Å². The van der Waals surface area contributed by atoms with E-state index in [-0.39, 0.29) is 11.8 Å². The Kier molecular flexibility index (Phi) is 4.85. The van der Waals surface area contributed by atoms with Crippen molar-refractivity contribution >= 4 is 23.5 Å². The molecular weight excluding hydrogens is 332 g/mol. The van der Waals surface area contributed by atoms with Crippen LogP contribution in [0.5, 0.6) is 0 Å². The van der Waals surface area contributed by atoms with Crippen molar-refractivity contribution in [3.8, 4) is 0 Å². The van der Waals surface area contributed by atoms with Gasteiger partial charge in [-0.2, -0.15) is 0 Å². The predicted molar refractivity (Wildman–Crippen MR) is 97.5 cm³/mol. The summed E-state index contributed by atoms with van der Waals surface area (Å²) < 4.78 is 5.63. The van der Waals surface area contributed by atoms with E-state index in [1.807, 2.05) is 24.3 Å². The number of nitrogens with zero attached hydrogens (tertiary/aromatic N) is 1. The minimum absolute atomic E-state index is 0.00751. The molecule has 1 aromatic rings. The molecule has 2 aliphatic rings. The first-order valence-corrected chi connectivity index (χ1v) is 8.97. The molecule has 1 saturated heterocycles. The number of aryl methyl sites for hydroxylation is 1. The van der Waals surface area contributed by atoms with Gasteiger partial charge in [-0.05, 0) is 31.0 Å². The number of rotatable bonds is 3. The highest BCUT2D eigenvalue weighted by atomic mass is 16.6. The number of carbonyl (C=O) groups excluding carboxylic acids is 3. The molecule has 1 aromatic carbocycles. The molecule has 138 valence electrons. The molecular formula is C20H24N2O4. The Morgan fingerprint density at radius 2 is 1.81 bits per heavy atom. The van der Waals surface area contributed by atoms with Crippen molar-refractivity contribution in [3.63, 3.8) is 0 Å². The average Bonchev–Trinajstić information content (AvgIpc) is 2.86. The van der Waals surface area contributed by atoms with Crippen LogP contribution >= 0.6 is 0 Å². The first-order chi connectivity index (χ1) is 12.4.